The number of aromatic nitrogens is 1. The van der Waals surface area contributed by atoms with Gasteiger partial charge in [-0.2, -0.15) is 0 Å². The number of nitrogens with zero attached hydrogens (tertiary/aromatic N) is 1. The Balaban J connectivity index is 1.83. The lowest BCUT2D eigenvalue weighted by Crippen LogP contribution is -2.13. The Labute approximate surface area is 143 Å². The molecular formula is C19H14N2O4. The first-order valence-corrected chi connectivity index (χ1v) is 7.46. The molecule has 0 atom stereocenters. The van der Waals surface area contributed by atoms with Crippen molar-refractivity contribution in [3.63, 3.8) is 0 Å². The van der Waals surface area contributed by atoms with E-state index in [1.165, 1.54) is 18.3 Å². The monoisotopic (exact) mass is 334 g/mol. The van der Waals surface area contributed by atoms with Crippen molar-refractivity contribution in [1.82, 2.24) is 4.98 Å². The first-order valence-electron chi connectivity index (χ1n) is 7.46. The van der Waals surface area contributed by atoms with Crippen LogP contribution < -0.4 is 10.1 Å². The van der Waals surface area contributed by atoms with E-state index in [-0.39, 0.29) is 5.69 Å². The molecule has 0 unspecified atom stereocenters. The maximum absolute atomic E-state index is 12.5. The average molecular weight is 334 g/mol. The number of para-hydroxylation sites is 2. The third-order valence-electron chi connectivity index (χ3n) is 3.34. The van der Waals surface area contributed by atoms with Gasteiger partial charge in [0.15, 0.2) is 0 Å². The quantitative estimate of drug-likeness (QED) is 0.740. The highest BCUT2D eigenvalue weighted by molar-refractivity contribution is 6.06. The number of nitrogens with one attached hydrogen (secondary N) is 1. The molecular weight excluding hydrogens is 320 g/mol. The molecule has 25 heavy (non-hydrogen) atoms. The number of carboxylic acids is 1. The summed E-state index contributed by atoms with van der Waals surface area (Å²) in [6, 6.07) is 18.7. The van der Waals surface area contributed by atoms with Crippen LogP contribution >= 0.6 is 0 Å². The molecule has 0 aliphatic rings. The number of hydrogen-bond donors (Lipinski definition) is 2. The molecule has 3 aromatic rings. The summed E-state index contributed by atoms with van der Waals surface area (Å²) in [5.74, 6) is -0.559. The zero-order chi connectivity index (χ0) is 17.6. The number of ether oxygens (including phenoxy) is 1. The van der Waals surface area contributed by atoms with Gasteiger partial charge in [-0.25, -0.2) is 9.78 Å². The van der Waals surface area contributed by atoms with Crippen molar-refractivity contribution in [1.29, 1.82) is 0 Å². The number of pyridine rings is 1. The second-order valence-electron chi connectivity index (χ2n) is 5.10. The first kappa shape index (κ1) is 16.2. The molecule has 3 rings (SSSR count). The summed E-state index contributed by atoms with van der Waals surface area (Å²) in [5.41, 5.74) is 0.526. The molecule has 6 heteroatoms. The van der Waals surface area contributed by atoms with Crippen molar-refractivity contribution in [2.24, 2.45) is 0 Å². The Morgan fingerprint density at radius 3 is 2.44 bits per heavy atom. The van der Waals surface area contributed by atoms with Crippen molar-refractivity contribution >= 4 is 17.6 Å². The van der Waals surface area contributed by atoms with Crippen molar-refractivity contribution in [2.45, 2.75) is 0 Å². The summed E-state index contributed by atoms with van der Waals surface area (Å²) in [6.45, 7) is 0. The van der Waals surface area contributed by atoms with Crippen LogP contribution in [-0.2, 0) is 0 Å². The molecule has 124 valence electrons. The molecule has 2 N–H and O–H groups in total. The Hall–Kier alpha value is -3.67. The fourth-order valence-corrected chi connectivity index (χ4v) is 2.18. The number of amides is 1. The van der Waals surface area contributed by atoms with Crippen molar-refractivity contribution in [3.05, 3.63) is 84.2 Å². The van der Waals surface area contributed by atoms with Crippen molar-refractivity contribution in [2.75, 3.05) is 5.32 Å². The molecule has 1 aromatic heterocycles. The van der Waals surface area contributed by atoms with Gasteiger partial charge in [-0.3, -0.25) is 4.79 Å². The number of rotatable bonds is 5. The highest BCUT2D eigenvalue weighted by Crippen LogP contribution is 2.25. The highest BCUT2D eigenvalue weighted by atomic mass is 16.5. The Morgan fingerprint density at radius 1 is 0.960 bits per heavy atom. The number of anilines is 1. The van der Waals surface area contributed by atoms with Gasteiger partial charge in [-0.05, 0) is 36.4 Å². The standard InChI is InChI=1S/C19H14N2O4/c22-18(21-13-10-11-20-16(12-13)19(23)24)15-8-4-5-9-17(15)25-14-6-2-1-3-7-14/h1-12H,(H,23,24)(H,20,21,22). The van der Waals surface area contributed by atoms with Gasteiger partial charge in [0.05, 0.1) is 5.56 Å². The van der Waals surface area contributed by atoms with Crippen LogP contribution in [-0.4, -0.2) is 22.0 Å². The lowest BCUT2D eigenvalue weighted by Gasteiger charge is -2.11. The van der Waals surface area contributed by atoms with Crippen LogP contribution in [0.2, 0.25) is 0 Å². The van der Waals surface area contributed by atoms with Gasteiger partial charge in [0, 0.05) is 11.9 Å². The smallest absolute Gasteiger partial charge is 0.354 e. The predicted octanol–water partition coefficient (Wildman–Crippen LogP) is 3.82. The largest absolute Gasteiger partial charge is 0.477 e. The molecule has 0 bridgehead atoms. The fraction of sp³-hybridized carbons (Fsp3) is 0. The second-order valence-corrected chi connectivity index (χ2v) is 5.10. The summed E-state index contributed by atoms with van der Waals surface area (Å²) in [5, 5.41) is 11.6. The summed E-state index contributed by atoms with van der Waals surface area (Å²) in [4.78, 5) is 27.2. The minimum Gasteiger partial charge on any atom is -0.477 e. The molecule has 6 nitrogen and oxygen atoms in total. The maximum Gasteiger partial charge on any atom is 0.354 e. The summed E-state index contributed by atoms with van der Waals surface area (Å²) < 4.78 is 5.76. The van der Waals surface area contributed by atoms with Crippen LogP contribution in [0.4, 0.5) is 5.69 Å². The highest BCUT2D eigenvalue weighted by Gasteiger charge is 2.14. The van der Waals surface area contributed by atoms with Crippen LogP contribution in [0.3, 0.4) is 0 Å². The van der Waals surface area contributed by atoms with Crippen LogP contribution in [0.25, 0.3) is 0 Å². The van der Waals surface area contributed by atoms with E-state index in [4.69, 9.17) is 9.84 Å². The van der Waals surface area contributed by atoms with E-state index in [1.807, 2.05) is 18.2 Å². The van der Waals surface area contributed by atoms with E-state index in [0.717, 1.165) is 0 Å². The topological polar surface area (TPSA) is 88.5 Å². The number of carbonyl (C=O) groups excluding carboxylic acids is 1. The van der Waals surface area contributed by atoms with Crippen LogP contribution in [0.5, 0.6) is 11.5 Å². The molecule has 0 radical (unpaired) electrons. The van der Waals surface area contributed by atoms with E-state index in [2.05, 4.69) is 10.3 Å². The average Bonchev–Trinajstić information content (AvgIpc) is 2.63. The number of aromatic carboxylic acids is 1. The first-order chi connectivity index (χ1) is 12.1. The summed E-state index contributed by atoms with van der Waals surface area (Å²) >= 11 is 0. The summed E-state index contributed by atoms with van der Waals surface area (Å²) in [6.07, 6.45) is 1.32. The lowest BCUT2D eigenvalue weighted by molar-refractivity contribution is 0.0690. The van der Waals surface area contributed by atoms with E-state index in [1.54, 1.807) is 36.4 Å². The number of carboxylic acid groups (broad SMARTS) is 1. The van der Waals surface area contributed by atoms with E-state index in [0.29, 0.717) is 22.7 Å². The van der Waals surface area contributed by atoms with E-state index < -0.39 is 11.9 Å². The molecule has 1 amide bonds. The fourth-order valence-electron chi connectivity index (χ4n) is 2.18. The molecule has 2 aromatic carbocycles. The van der Waals surface area contributed by atoms with Gasteiger partial charge in [-0.15, -0.1) is 0 Å². The lowest BCUT2D eigenvalue weighted by atomic mass is 10.2. The minimum absolute atomic E-state index is 0.147. The van der Waals surface area contributed by atoms with E-state index >= 15 is 0 Å². The van der Waals surface area contributed by atoms with Gasteiger partial charge in [-0.1, -0.05) is 30.3 Å². The van der Waals surface area contributed by atoms with Crippen molar-refractivity contribution in [3.8, 4) is 11.5 Å². The molecule has 0 saturated carbocycles. The second kappa shape index (κ2) is 7.27. The van der Waals surface area contributed by atoms with Crippen LogP contribution in [0, 0.1) is 0 Å². The Kier molecular flexibility index (Phi) is 4.71. The maximum atomic E-state index is 12.5. The third-order valence-corrected chi connectivity index (χ3v) is 3.34. The molecule has 0 aliphatic heterocycles. The summed E-state index contributed by atoms with van der Waals surface area (Å²) in [7, 11) is 0. The van der Waals surface area contributed by atoms with Gasteiger partial charge < -0.3 is 15.2 Å². The Bertz CT molecular complexity index is 910. The van der Waals surface area contributed by atoms with Gasteiger partial charge in [0.25, 0.3) is 5.91 Å². The Morgan fingerprint density at radius 2 is 1.68 bits per heavy atom. The number of carbonyl (C=O) groups is 2. The zero-order valence-electron chi connectivity index (χ0n) is 13.0. The zero-order valence-corrected chi connectivity index (χ0v) is 13.0. The van der Waals surface area contributed by atoms with Gasteiger partial charge in [0.2, 0.25) is 0 Å². The predicted molar refractivity (Wildman–Crippen MR) is 92.1 cm³/mol. The van der Waals surface area contributed by atoms with Crippen LogP contribution in [0.1, 0.15) is 20.8 Å². The number of hydrogen-bond acceptors (Lipinski definition) is 4. The van der Waals surface area contributed by atoms with E-state index in [9.17, 15) is 9.59 Å². The SMILES string of the molecule is O=C(O)c1cc(NC(=O)c2ccccc2Oc2ccccc2)ccn1. The molecule has 0 saturated heterocycles. The van der Waals surface area contributed by atoms with Gasteiger partial charge >= 0.3 is 5.97 Å². The molecule has 0 spiro atoms. The molecule has 1 heterocycles. The third kappa shape index (κ3) is 4.00. The van der Waals surface area contributed by atoms with Gasteiger partial charge in [0.1, 0.15) is 17.2 Å². The normalized spacial score (nSPS) is 10.1. The molecule has 0 fully saturated rings. The number of benzene rings is 2. The minimum atomic E-state index is -1.16. The molecule has 0 aliphatic carbocycles. The van der Waals surface area contributed by atoms with Crippen LogP contribution in [0.15, 0.2) is 72.9 Å². The van der Waals surface area contributed by atoms with Crippen molar-refractivity contribution < 1.29 is 19.4 Å².